The maximum absolute atomic E-state index is 13.2. The van der Waals surface area contributed by atoms with Crippen LogP contribution in [0.4, 0.5) is 10.1 Å². The van der Waals surface area contributed by atoms with Crippen molar-refractivity contribution in [1.82, 2.24) is 0 Å². The van der Waals surface area contributed by atoms with Crippen LogP contribution in [0.3, 0.4) is 0 Å². The fourth-order valence-corrected chi connectivity index (χ4v) is 6.55. The van der Waals surface area contributed by atoms with Gasteiger partial charge in [-0.25, -0.2) is 4.39 Å². The molecule has 0 radical (unpaired) electrons. The van der Waals surface area contributed by atoms with Crippen LogP contribution in [0.25, 0.3) is 0 Å². The van der Waals surface area contributed by atoms with E-state index in [1.165, 1.54) is 22.6 Å². The average Bonchev–Trinajstić information content (AvgIpc) is 3.07. The molecule has 5 rings (SSSR count). The summed E-state index contributed by atoms with van der Waals surface area (Å²) in [7, 11) is 0. The van der Waals surface area contributed by atoms with Crippen molar-refractivity contribution < 1.29 is 23.9 Å². The Morgan fingerprint density at radius 3 is 2.68 bits per heavy atom. The summed E-state index contributed by atoms with van der Waals surface area (Å²) in [5.74, 6) is -0.283. The number of aliphatic hydroxyl groups excluding tert-OH is 1. The number of piperazine rings is 1. The molecular formula is C25H34FN2O3+. The van der Waals surface area contributed by atoms with E-state index >= 15 is 0 Å². The second-order valence-corrected chi connectivity index (χ2v) is 10.2. The first-order chi connectivity index (χ1) is 14.9. The Hall–Kier alpha value is -1.92. The molecule has 6 atom stereocenters. The number of halogens is 1. The van der Waals surface area contributed by atoms with E-state index in [2.05, 4.69) is 24.8 Å². The summed E-state index contributed by atoms with van der Waals surface area (Å²) >= 11 is 0. The largest absolute Gasteiger partial charge is 0.461 e. The van der Waals surface area contributed by atoms with Crippen LogP contribution in [0, 0.1) is 29.0 Å². The zero-order valence-electron chi connectivity index (χ0n) is 18.5. The molecule has 0 bridgehead atoms. The number of nitrogens with zero attached hydrogens (tertiary/aromatic N) is 1. The zero-order chi connectivity index (χ0) is 21.8. The molecule has 2 N–H and O–H groups in total. The van der Waals surface area contributed by atoms with Crippen LogP contribution >= 0.6 is 0 Å². The number of nitrogens with one attached hydrogen (secondary N) is 1. The van der Waals surface area contributed by atoms with E-state index < -0.39 is 6.10 Å². The number of anilines is 1. The number of hydrogen-bond donors (Lipinski definition) is 2. The van der Waals surface area contributed by atoms with Gasteiger partial charge in [0.05, 0.1) is 38.8 Å². The van der Waals surface area contributed by atoms with Crippen molar-refractivity contribution in [2.75, 3.05) is 37.6 Å². The number of esters is 1. The van der Waals surface area contributed by atoms with Gasteiger partial charge < -0.3 is 19.6 Å². The summed E-state index contributed by atoms with van der Waals surface area (Å²) in [6, 6.07) is 6.66. The second-order valence-electron chi connectivity index (χ2n) is 10.2. The molecule has 2 saturated heterocycles. The number of carbonyl (C=O) groups is 1. The van der Waals surface area contributed by atoms with Crippen molar-refractivity contribution in [2.45, 2.75) is 45.3 Å². The SMILES string of the molecule is C[C@H]1CCC=C2C[C@H]3OC(=O)[C@H](C[NH+]4CCN(c5ccc(F)cc5)CC4)[C@H]3[C@@H](O)[C@@]21C. The van der Waals surface area contributed by atoms with Crippen LogP contribution in [0.15, 0.2) is 35.9 Å². The molecule has 31 heavy (non-hydrogen) atoms. The zero-order valence-corrected chi connectivity index (χ0v) is 18.5. The summed E-state index contributed by atoms with van der Waals surface area (Å²) in [6.45, 7) is 8.75. The first-order valence-electron chi connectivity index (χ1n) is 11.8. The van der Waals surface area contributed by atoms with E-state index in [4.69, 9.17) is 4.74 Å². The van der Waals surface area contributed by atoms with Crippen LogP contribution < -0.4 is 9.80 Å². The Bertz CT molecular complexity index is 864. The molecule has 4 aliphatic rings. The molecule has 2 aliphatic carbocycles. The molecular weight excluding hydrogens is 395 g/mol. The van der Waals surface area contributed by atoms with Crippen molar-refractivity contribution in [3.63, 3.8) is 0 Å². The third-order valence-electron chi connectivity index (χ3n) is 8.74. The van der Waals surface area contributed by atoms with E-state index in [0.29, 0.717) is 5.92 Å². The maximum atomic E-state index is 13.2. The number of fused-ring (bicyclic) bond motifs is 2. The number of benzene rings is 1. The second kappa shape index (κ2) is 7.89. The van der Waals surface area contributed by atoms with Gasteiger partial charge in [0.15, 0.2) is 0 Å². The van der Waals surface area contributed by atoms with Gasteiger partial charge in [-0.1, -0.05) is 25.5 Å². The number of allylic oxidation sites excluding steroid dienone is 1. The normalized spacial score (nSPS) is 38.3. The van der Waals surface area contributed by atoms with Gasteiger partial charge in [0.1, 0.15) is 17.8 Å². The molecule has 0 amide bonds. The third kappa shape index (κ3) is 3.48. The van der Waals surface area contributed by atoms with E-state index in [1.807, 2.05) is 12.1 Å². The van der Waals surface area contributed by atoms with Gasteiger partial charge in [-0.2, -0.15) is 0 Å². The molecule has 0 unspecified atom stereocenters. The Kier molecular flexibility index (Phi) is 5.33. The monoisotopic (exact) mass is 429 g/mol. The van der Waals surface area contributed by atoms with Crippen molar-refractivity contribution in [3.05, 3.63) is 41.7 Å². The van der Waals surface area contributed by atoms with Crippen LogP contribution in [-0.4, -0.2) is 56.0 Å². The molecule has 1 aromatic rings. The highest BCUT2D eigenvalue weighted by Gasteiger charge is 2.60. The molecule has 0 aromatic heterocycles. The highest BCUT2D eigenvalue weighted by atomic mass is 19.1. The maximum Gasteiger partial charge on any atom is 0.315 e. The van der Waals surface area contributed by atoms with Crippen molar-refractivity contribution >= 4 is 11.7 Å². The van der Waals surface area contributed by atoms with E-state index in [0.717, 1.165) is 57.7 Å². The summed E-state index contributed by atoms with van der Waals surface area (Å²) in [5.41, 5.74) is 2.08. The highest BCUT2D eigenvalue weighted by molar-refractivity contribution is 5.76. The smallest absolute Gasteiger partial charge is 0.315 e. The van der Waals surface area contributed by atoms with Gasteiger partial charge in [-0.05, 0) is 43.0 Å². The molecule has 2 heterocycles. The lowest BCUT2D eigenvalue weighted by Crippen LogP contribution is -3.15. The van der Waals surface area contributed by atoms with Crippen molar-refractivity contribution in [1.29, 1.82) is 0 Å². The molecule has 2 aliphatic heterocycles. The fourth-order valence-electron chi connectivity index (χ4n) is 6.55. The summed E-state index contributed by atoms with van der Waals surface area (Å²) in [4.78, 5) is 16.5. The predicted molar refractivity (Wildman–Crippen MR) is 116 cm³/mol. The van der Waals surface area contributed by atoms with Crippen LogP contribution in [-0.2, 0) is 9.53 Å². The van der Waals surface area contributed by atoms with E-state index in [-0.39, 0.29) is 35.1 Å². The average molecular weight is 430 g/mol. The minimum atomic E-state index is -0.538. The van der Waals surface area contributed by atoms with Gasteiger partial charge in [0.25, 0.3) is 0 Å². The summed E-state index contributed by atoms with van der Waals surface area (Å²) in [6.07, 6.45) is 4.47. The minimum absolute atomic E-state index is 0.113. The Balaban J connectivity index is 1.27. The lowest BCUT2D eigenvalue weighted by atomic mass is 9.55. The molecule has 5 nitrogen and oxygen atoms in total. The Labute approximate surface area is 183 Å². The first kappa shape index (κ1) is 21.0. The summed E-state index contributed by atoms with van der Waals surface area (Å²) < 4.78 is 19.0. The molecule has 6 heteroatoms. The molecule has 168 valence electrons. The lowest BCUT2D eigenvalue weighted by Gasteiger charge is -2.51. The van der Waals surface area contributed by atoms with E-state index in [1.54, 1.807) is 0 Å². The van der Waals surface area contributed by atoms with Crippen molar-refractivity contribution in [2.24, 2.45) is 23.2 Å². The van der Waals surface area contributed by atoms with Crippen LogP contribution in [0.5, 0.6) is 0 Å². The molecule has 1 saturated carbocycles. The first-order valence-corrected chi connectivity index (χ1v) is 11.8. The van der Waals surface area contributed by atoms with Gasteiger partial charge in [0, 0.05) is 23.4 Å². The number of rotatable bonds is 3. The van der Waals surface area contributed by atoms with Gasteiger partial charge in [0.2, 0.25) is 0 Å². The fraction of sp³-hybridized carbons (Fsp3) is 0.640. The number of carbonyl (C=O) groups excluding carboxylic acids is 1. The summed E-state index contributed by atoms with van der Waals surface area (Å²) in [5, 5.41) is 11.5. The van der Waals surface area contributed by atoms with Crippen LogP contribution in [0.2, 0.25) is 0 Å². The van der Waals surface area contributed by atoms with Gasteiger partial charge >= 0.3 is 5.97 Å². The molecule has 3 fully saturated rings. The Morgan fingerprint density at radius 2 is 1.97 bits per heavy atom. The number of quaternary nitrogens is 1. The van der Waals surface area contributed by atoms with Crippen molar-refractivity contribution in [3.8, 4) is 0 Å². The molecule has 0 spiro atoms. The quantitative estimate of drug-likeness (QED) is 0.569. The number of hydrogen-bond acceptors (Lipinski definition) is 4. The highest BCUT2D eigenvalue weighted by Crippen LogP contribution is 2.55. The predicted octanol–water partition coefficient (Wildman–Crippen LogP) is 1.82. The Morgan fingerprint density at radius 1 is 1.26 bits per heavy atom. The lowest BCUT2D eigenvalue weighted by molar-refractivity contribution is -0.903. The minimum Gasteiger partial charge on any atom is -0.461 e. The van der Waals surface area contributed by atoms with E-state index in [9.17, 15) is 14.3 Å². The topological polar surface area (TPSA) is 54.2 Å². The third-order valence-corrected chi connectivity index (χ3v) is 8.74. The molecule has 1 aromatic carbocycles. The number of aliphatic hydroxyl groups is 1. The number of ether oxygens (including phenoxy) is 1. The van der Waals surface area contributed by atoms with Gasteiger partial charge in [-0.15, -0.1) is 0 Å². The van der Waals surface area contributed by atoms with Crippen LogP contribution in [0.1, 0.15) is 33.1 Å². The van der Waals surface area contributed by atoms with Gasteiger partial charge in [-0.3, -0.25) is 4.79 Å². The standard InChI is InChI=1S/C25H33FN2O3/c1-16-4-3-5-17-14-21-22(23(29)25(16,17)2)20(24(30)31-21)15-27-10-12-28(13-11-27)19-8-6-18(26)7-9-19/h5-9,16,20-23,29H,3-4,10-15H2,1-2H3/p+1/t16-,20+,21+,22+,23+,25+/m0/s1.